The minimum absolute atomic E-state index is 0.356. The van der Waals surface area contributed by atoms with Crippen LogP contribution in [0, 0.1) is 0 Å². The van der Waals surface area contributed by atoms with Gasteiger partial charge in [-0.05, 0) is 32.1 Å². The molecule has 0 aromatic carbocycles. The molecule has 0 rings (SSSR count). The fourth-order valence-electron chi connectivity index (χ4n) is 3.62. The van der Waals surface area contributed by atoms with Crippen molar-refractivity contribution >= 4 is 0 Å². The smallest absolute Gasteiger partial charge is 0.101 e. The Morgan fingerprint density at radius 2 is 1.07 bits per heavy atom. The van der Waals surface area contributed by atoms with Crippen molar-refractivity contribution < 1.29 is 14.6 Å². The number of allylic oxidation sites excluding steroid dienone is 2. The van der Waals surface area contributed by atoms with E-state index >= 15 is 0 Å². The molecule has 0 saturated carbocycles. The number of ether oxygens (including phenoxy) is 2. The first-order valence-electron chi connectivity index (χ1n) is 12.7. The first-order chi connectivity index (χ1) is 14.3. The predicted octanol–water partition coefficient (Wildman–Crippen LogP) is 7.61. The number of hydrogen-bond donors (Lipinski definition) is 1. The molecule has 3 nitrogen and oxygen atoms in total. The van der Waals surface area contributed by atoms with Crippen LogP contribution >= 0.6 is 0 Å². The van der Waals surface area contributed by atoms with Crippen molar-refractivity contribution in [2.75, 3.05) is 26.9 Å². The van der Waals surface area contributed by atoms with E-state index in [0.717, 1.165) is 13.0 Å². The molecule has 0 unspecified atom stereocenters. The molecule has 3 heteroatoms. The summed E-state index contributed by atoms with van der Waals surface area (Å²) in [6.07, 6.45) is 28.7. The van der Waals surface area contributed by atoms with Gasteiger partial charge in [0.2, 0.25) is 0 Å². The number of rotatable bonds is 24. The quantitative estimate of drug-likeness (QED) is 0.131. The summed E-state index contributed by atoms with van der Waals surface area (Å²) in [7, 11) is 1.60. The summed E-state index contributed by atoms with van der Waals surface area (Å²) in [5, 5.41) is 9.46. The number of hydrogen-bond acceptors (Lipinski definition) is 3. The van der Waals surface area contributed by atoms with Gasteiger partial charge in [-0.1, -0.05) is 103 Å². The van der Waals surface area contributed by atoms with Crippen LogP contribution in [0.15, 0.2) is 12.2 Å². The molecule has 0 fully saturated rings. The van der Waals surface area contributed by atoms with Gasteiger partial charge >= 0.3 is 0 Å². The van der Waals surface area contributed by atoms with Crippen molar-refractivity contribution in [3.8, 4) is 0 Å². The Labute approximate surface area is 182 Å². The molecule has 0 aliphatic heterocycles. The van der Waals surface area contributed by atoms with Crippen molar-refractivity contribution in [2.24, 2.45) is 0 Å². The van der Waals surface area contributed by atoms with Crippen LogP contribution < -0.4 is 0 Å². The van der Waals surface area contributed by atoms with Gasteiger partial charge in [-0.15, -0.1) is 0 Å². The second-order valence-electron chi connectivity index (χ2n) is 8.54. The van der Waals surface area contributed by atoms with Crippen LogP contribution in [0.3, 0.4) is 0 Å². The van der Waals surface area contributed by atoms with Crippen molar-refractivity contribution in [1.29, 1.82) is 0 Å². The lowest BCUT2D eigenvalue weighted by molar-refractivity contribution is -0.00684. The number of aliphatic hydroxyl groups is 1. The summed E-state index contributed by atoms with van der Waals surface area (Å²) < 4.78 is 10.3. The van der Waals surface area contributed by atoms with Gasteiger partial charge in [-0.25, -0.2) is 0 Å². The van der Waals surface area contributed by atoms with Crippen molar-refractivity contribution in [3.05, 3.63) is 12.2 Å². The van der Waals surface area contributed by atoms with Gasteiger partial charge in [-0.2, -0.15) is 0 Å². The molecule has 1 N–H and O–H groups in total. The molecule has 0 aromatic rings. The van der Waals surface area contributed by atoms with E-state index in [1.165, 1.54) is 109 Å². The van der Waals surface area contributed by atoms with E-state index in [-0.39, 0.29) is 0 Å². The van der Waals surface area contributed by atoms with Crippen molar-refractivity contribution in [3.63, 3.8) is 0 Å². The molecule has 174 valence electrons. The third kappa shape index (κ3) is 25.6. The van der Waals surface area contributed by atoms with Gasteiger partial charge in [0.25, 0.3) is 0 Å². The second-order valence-corrected chi connectivity index (χ2v) is 8.54. The topological polar surface area (TPSA) is 38.7 Å². The second kappa shape index (κ2) is 25.7. The van der Waals surface area contributed by atoms with Gasteiger partial charge in [0.15, 0.2) is 0 Å². The summed E-state index contributed by atoms with van der Waals surface area (Å²) in [4.78, 5) is 0. The molecule has 1 atom stereocenters. The van der Waals surface area contributed by atoms with Gasteiger partial charge in [0.05, 0.1) is 13.2 Å². The van der Waals surface area contributed by atoms with Crippen LogP contribution in [0.2, 0.25) is 0 Å². The molecule has 29 heavy (non-hydrogen) atoms. The zero-order valence-electron chi connectivity index (χ0n) is 19.8. The Morgan fingerprint density at radius 1 is 0.621 bits per heavy atom. The predicted molar refractivity (Wildman–Crippen MR) is 127 cm³/mol. The van der Waals surface area contributed by atoms with Crippen LogP contribution in [-0.4, -0.2) is 38.1 Å². The Hall–Kier alpha value is -0.380. The highest BCUT2D eigenvalue weighted by atomic mass is 16.5. The van der Waals surface area contributed by atoms with Crippen LogP contribution in [0.5, 0.6) is 0 Å². The molecule has 0 amide bonds. The molecular formula is C26H52O3. The van der Waals surface area contributed by atoms with E-state index in [9.17, 15) is 5.11 Å². The first kappa shape index (κ1) is 28.6. The minimum atomic E-state index is -0.487. The van der Waals surface area contributed by atoms with Crippen LogP contribution in [0.25, 0.3) is 0 Å². The maximum atomic E-state index is 9.46. The van der Waals surface area contributed by atoms with Crippen LogP contribution in [0.4, 0.5) is 0 Å². The Bertz CT molecular complexity index is 317. The Morgan fingerprint density at radius 3 is 1.55 bits per heavy atom. The summed E-state index contributed by atoms with van der Waals surface area (Å²) in [5.74, 6) is 0. The highest BCUT2D eigenvalue weighted by Gasteiger charge is 2.02. The molecular weight excluding hydrogens is 360 g/mol. The minimum Gasteiger partial charge on any atom is -0.388 e. The van der Waals surface area contributed by atoms with E-state index in [4.69, 9.17) is 9.47 Å². The molecule has 0 spiro atoms. The number of aliphatic hydroxyl groups excluding tert-OH is 1. The number of unbranched alkanes of at least 4 members (excludes halogenated alkanes) is 16. The largest absolute Gasteiger partial charge is 0.388 e. The van der Waals surface area contributed by atoms with Crippen LogP contribution in [-0.2, 0) is 9.47 Å². The highest BCUT2D eigenvalue weighted by molar-refractivity contribution is 4.81. The third-order valence-corrected chi connectivity index (χ3v) is 5.47. The maximum absolute atomic E-state index is 9.46. The molecule has 0 bridgehead atoms. The van der Waals surface area contributed by atoms with E-state index < -0.39 is 6.10 Å². The standard InChI is InChI=1S/C26H52O3/c1-3-4-5-6-7-8-9-10-11-12-13-14-15-16-17-18-19-20-21-22-23-29-25-26(27)24-28-2/h13-14,26-27H,3-12,15-25H2,1-2H3/b14-13-/t26-/m0/s1. The molecule has 0 aliphatic carbocycles. The molecule has 0 aromatic heterocycles. The molecule has 0 aliphatic rings. The van der Waals surface area contributed by atoms with Gasteiger partial charge in [0.1, 0.15) is 6.10 Å². The highest BCUT2D eigenvalue weighted by Crippen LogP contribution is 2.12. The van der Waals surface area contributed by atoms with E-state index in [1.807, 2.05) is 0 Å². The fraction of sp³-hybridized carbons (Fsp3) is 0.923. The molecule has 0 heterocycles. The number of methoxy groups -OCH3 is 1. The van der Waals surface area contributed by atoms with Crippen molar-refractivity contribution in [1.82, 2.24) is 0 Å². The molecule has 0 radical (unpaired) electrons. The summed E-state index contributed by atoms with van der Waals surface area (Å²) >= 11 is 0. The third-order valence-electron chi connectivity index (χ3n) is 5.47. The van der Waals surface area contributed by atoms with Gasteiger partial charge in [-0.3, -0.25) is 0 Å². The van der Waals surface area contributed by atoms with Gasteiger partial charge < -0.3 is 14.6 Å². The first-order valence-corrected chi connectivity index (χ1v) is 12.7. The monoisotopic (exact) mass is 412 g/mol. The average molecular weight is 413 g/mol. The normalized spacial score (nSPS) is 12.8. The lowest BCUT2D eigenvalue weighted by Crippen LogP contribution is -2.21. The maximum Gasteiger partial charge on any atom is 0.101 e. The summed E-state index contributed by atoms with van der Waals surface area (Å²) in [6, 6.07) is 0. The zero-order chi connectivity index (χ0) is 21.3. The van der Waals surface area contributed by atoms with E-state index in [0.29, 0.717) is 13.2 Å². The summed E-state index contributed by atoms with van der Waals surface area (Å²) in [6.45, 7) is 3.79. The SMILES string of the molecule is CCCCCCCCCCC/C=C\CCCCCCCCCOC[C@@H](O)COC. The Balaban J connectivity index is 3.10. The average Bonchev–Trinajstić information content (AvgIpc) is 2.72. The van der Waals surface area contributed by atoms with Crippen LogP contribution in [0.1, 0.15) is 122 Å². The Kier molecular flexibility index (Phi) is 25.3. The summed E-state index contributed by atoms with van der Waals surface area (Å²) in [5.41, 5.74) is 0. The van der Waals surface area contributed by atoms with E-state index in [2.05, 4.69) is 19.1 Å². The zero-order valence-corrected chi connectivity index (χ0v) is 19.8. The lowest BCUT2D eigenvalue weighted by Gasteiger charge is -2.09. The lowest BCUT2D eigenvalue weighted by atomic mass is 10.1. The van der Waals surface area contributed by atoms with E-state index in [1.54, 1.807) is 7.11 Å². The van der Waals surface area contributed by atoms with Gasteiger partial charge in [0, 0.05) is 13.7 Å². The fourth-order valence-corrected chi connectivity index (χ4v) is 3.62. The van der Waals surface area contributed by atoms with Crippen molar-refractivity contribution in [2.45, 2.75) is 129 Å². The molecule has 0 saturated heterocycles.